The minimum absolute atomic E-state index is 0.0411. The lowest BCUT2D eigenvalue weighted by Gasteiger charge is -2.43. The summed E-state index contributed by atoms with van der Waals surface area (Å²) in [5.41, 5.74) is -1.21. The Bertz CT molecular complexity index is 1440. The number of halogens is 1. The number of rotatable bonds is 8. The number of likely N-dealkylation sites (tertiary alicyclic amines) is 1. The molecule has 2 amide bonds. The van der Waals surface area contributed by atoms with Gasteiger partial charge in [-0.2, -0.15) is 0 Å². The lowest BCUT2D eigenvalue weighted by Crippen LogP contribution is -2.44. The molecule has 4 heterocycles. The van der Waals surface area contributed by atoms with E-state index >= 15 is 0 Å². The Labute approximate surface area is 238 Å². The Morgan fingerprint density at radius 3 is 2.44 bits per heavy atom. The van der Waals surface area contributed by atoms with E-state index in [4.69, 9.17) is 0 Å². The van der Waals surface area contributed by atoms with Crippen molar-refractivity contribution in [1.82, 2.24) is 24.7 Å². The van der Waals surface area contributed by atoms with Crippen LogP contribution in [0.1, 0.15) is 72.4 Å². The maximum atomic E-state index is 13.7. The number of aryl methyl sites for hydroxylation is 1. The molecule has 2 fully saturated rings. The van der Waals surface area contributed by atoms with Gasteiger partial charge in [0.2, 0.25) is 11.5 Å². The average molecular weight is 568 g/mol. The molecule has 2 aromatic rings. The van der Waals surface area contributed by atoms with Crippen LogP contribution in [-0.4, -0.2) is 75.8 Å². The average Bonchev–Trinajstić information content (AvgIpc) is 3.36. The van der Waals surface area contributed by atoms with E-state index in [2.05, 4.69) is 15.2 Å². The number of nitrogens with zero attached hydrogens (tertiary/aromatic N) is 4. The van der Waals surface area contributed by atoms with Gasteiger partial charge in [-0.15, -0.1) is 0 Å². The first-order valence-corrected chi connectivity index (χ1v) is 14.3. The molecule has 0 spiro atoms. The second-order valence-corrected chi connectivity index (χ2v) is 12.4. The number of aromatic hydroxyl groups is 1. The van der Waals surface area contributed by atoms with E-state index in [1.807, 2.05) is 0 Å². The van der Waals surface area contributed by atoms with Crippen LogP contribution in [0.2, 0.25) is 0 Å². The number of likely N-dealkylation sites (N-methyl/N-ethyl adjacent to an activating group) is 1. The standard InChI is InChI=1S/C30H38FN5O5/c1-19-14-20(6-7-21(19)31)16-32-25(39)23-24(38)27(41)36-18-29(17-35-12-4-5-13-35)8-10-30(11-9-29,28(36)33-23)15-22(37)26(40)34(2)3/h6-7,14,38H,4-5,8-13,15-18H2,1-3H3,(H,32,39). The van der Waals surface area contributed by atoms with Gasteiger partial charge in [-0.1, -0.05) is 12.1 Å². The van der Waals surface area contributed by atoms with Crippen LogP contribution in [0.25, 0.3) is 0 Å². The lowest BCUT2D eigenvalue weighted by molar-refractivity contribution is -0.144. The highest BCUT2D eigenvalue weighted by atomic mass is 19.1. The summed E-state index contributed by atoms with van der Waals surface area (Å²) in [6.07, 6.45) is 4.70. The molecule has 10 nitrogen and oxygen atoms in total. The summed E-state index contributed by atoms with van der Waals surface area (Å²) in [5, 5.41) is 13.6. The van der Waals surface area contributed by atoms with Crippen molar-refractivity contribution < 1.29 is 23.9 Å². The first kappa shape index (κ1) is 28.9. The van der Waals surface area contributed by atoms with E-state index in [1.165, 1.54) is 29.6 Å². The summed E-state index contributed by atoms with van der Waals surface area (Å²) in [7, 11) is 3.04. The maximum absolute atomic E-state index is 13.7. The van der Waals surface area contributed by atoms with Gasteiger partial charge in [-0.3, -0.25) is 23.7 Å². The highest BCUT2D eigenvalue weighted by Gasteiger charge is 2.52. The van der Waals surface area contributed by atoms with Crippen molar-refractivity contribution in [2.24, 2.45) is 5.41 Å². The second-order valence-electron chi connectivity index (χ2n) is 12.4. The number of ketones is 1. The SMILES string of the molecule is Cc1cc(CNC(=O)c2nc3n(c(=O)c2O)CC2(CN4CCCC4)CCC3(CC(=O)C(=O)N(C)C)CC2)ccc1F. The number of amides is 2. The quantitative estimate of drug-likeness (QED) is 0.469. The van der Waals surface area contributed by atoms with Crippen molar-refractivity contribution >= 4 is 17.6 Å². The molecule has 11 heteroatoms. The summed E-state index contributed by atoms with van der Waals surface area (Å²) >= 11 is 0. The van der Waals surface area contributed by atoms with Gasteiger partial charge in [0.15, 0.2) is 5.69 Å². The van der Waals surface area contributed by atoms with Crippen molar-refractivity contribution in [1.29, 1.82) is 0 Å². The minimum atomic E-state index is -0.913. The van der Waals surface area contributed by atoms with E-state index < -0.39 is 40.0 Å². The second kappa shape index (κ2) is 11.0. The number of nitrogens with one attached hydrogen (secondary N) is 1. The molecule has 6 rings (SSSR count). The molecule has 4 aliphatic rings. The third kappa shape index (κ3) is 5.51. The highest BCUT2D eigenvalue weighted by molar-refractivity contribution is 6.36. The van der Waals surface area contributed by atoms with Gasteiger partial charge in [-0.05, 0) is 75.7 Å². The molecule has 1 aromatic heterocycles. The third-order valence-electron chi connectivity index (χ3n) is 9.17. The third-order valence-corrected chi connectivity index (χ3v) is 9.17. The number of aromatic nitrogens is 2. The zero-order valence-electron chi connectivity index (χ0n) is 24.0. The first-order chi connectivity index (χ1) is 19.4. The summed E-state index contributed by atoms with van der Waals surface area (Å²) < 4.78 is 15.1. The van der Waals surface area contributed by atoms with Gasteiger partial charge < -0.3 is 20.2 Å². The molecule has 1 aliphatic carbocycles. The fraction of sp³-hybridized carbons (Fsp3) is 0.567. The van der Waals surface area contributed by atoms with E-state index in [9.17, 15) is 28.7 Å². The number of benzene rings is 1. The Kier molecular flexibility index (Phi) is 7.76. The van der Waals surface area contributed by atoms with Gasteiger partial charge in [0.1, 0.15) is 11.6 Å². The van der Waals surface area contributed by atoms with E-state index in [1.54, 1.807) is 19.1 Å². The van der Waals surface area contributed by atoms with Crippen molar-refractivity contribution in [3.63, 3.8) is 0 Å². The molecule has 1 saturated carbocycles. The Balaban J connectivity index is 1.52. The zero-order valence-corrected chi connectivity index (χ0v) is 24.0. The van der Waals surface area contributed by atoms with Gasteiger partial charge >= 0.3 is 0 Å². The van der Waals surface area contributed by atoms with Crippen molar-refractivity contribution in [2.45, 2.75) is 70.4 Å². The zero-order chi connectivity index (χ0) is 29.5. The topological polar surface area (TPSA) is 125 Å². The smallest absolute Gasteiger partial charge is 0.296 e. The molecule has 0 radical (unpaired) electrons. The van der Waals surface area contributed by atoms with E-state index in [0.717, 1.165) is 45.3 Å². The number of Topliss-reactive ketones (excluding diaryl/α,β-unsaturated/α-hetero) is 1. The van der Waals surface area contributed by atoms with Crippen LogP contribution in [0.15, 0.2) is 23.0 Å². The molecule has 41 heavy (non-hydrogen) atoms. The van der Waals surface area contributed by atoms with Crippen molar-refractivity contribution in [2.75, 3.05) is 33.7 Å². The van der Waals surface area contributed by atoms with Crippen LogP contribution in [-0.2, 0) is 28.1 Å². The number of hydrogen-bond donors (Lipinski definition) is 2. The Morgan fingerprint density at radius 1 is 1.12 bits per heavy atom. The molecule has 0 unspecified atom stereocenters. The number of fused-ring (bicyclic) bond motifs is 2. The monoisotopic (exact) mass is 567 g/mol. The summed E-state index contributed by atoms with van der Waals surface area (Å²) in [6, 6.07) is 4.46. The lowest BCUT2D eigenvalue weighted by atomic mass is 9.62. The molecule has 0 atom stereocenters. The predicted octanol–water partition coefficient (Wildman–Crippen LogP) is 2.28. The van der Waals surface area contributed by atoms with Crippen molar-refractivity contribution in [3.05, 3.63) is 57.0 Å². The number of hydrogen-bond acceptors (Lipinski definition) is 7. The maximum Gasteiger partial charge on any atom is 0.296 e. The van der Waals surface area contributed by atoms with Crippen LogP contribution in [0.4, 0.5) is 4.39 Å². The Morgan fingerprint density at radius 2 is 1.80 bits per heavy atom. The predicted molar refractivity (Wildman–Crippen MR) is 149 cm³/mol. The van der Waals surface area contributed by atoms with E-state index in [-0.39, 0.29) is 30.0 Å². The number of carbonyl (C=O) groups is 3. The first-order valence-electron chi connectivity index (χ1n) is 14.3. The van der Waals surface area contributed by atoms with Gasteiger partial charge in [0.25, 0.3) is 17.4 Å². The largest absolute Gasteiger partial charge is 0.501 e. The summed E-state index contributed by atoms with van der Waals surface area (Å²) in [4.78, 5) is 60.9. The molecule has 1 saturated heterocycles. The highest BCUT2D eigenvalue weighted by Crippen LogP contribution is 2.53. The fourth-order valence-corrected chi connectivity index (χ4v) is 6.82. The molecule has 3 aliphatic heterocycles. The van der Waals surface area contributed by atoms with Gasteiger partial charge in [0, 0.05) is 51.0 Å². The minimum Gasteiger partial charge on any atom is -0.501 e. The summed E-state index contributed by atoms with van der Waals surface area (Å²) in [6.45, 7) is 4.79. The molecule has 2 N–H and O–H groups in total. The normalized spacial score (nSPS) is 23.6. The van der Waals surface area contributed by atoms with Crippen LogP contribution in [0.5, 0.6) is 5.75 Å². The number of carbonyl (C=O) groups excluding carboxylic acids is 3. The molecular formula is C30H38FN5O5. The van der Waals surface area contributed by atoms with Gasteiger partial charge in [0.05, 0.1) is 0 Å². The van der Waals surface area contributed by atoms with Crippen LogP contribution >= 0.6 is 0 Å². The summed E-state index contributed by atoms with van der Waals surface area (Å²) in [5.74, 6) is -2.77. The fourth-order valence-electron chi connectivity index (χ4n) is 6.82. The molecule has 220 valence electrons. The van der Waals surface area contributed by atoms with Gasteiger partial charge in [-0.25, -0.2) is 9.37 Å². The van der Waals surface area contributed by atoms with Crippen LogP contribution < -0.4 is 10.9 Å². The van der Waals surface area contributed by atoms with Crippen molar-refractivity contribution in [3.8, 4) is 5.75 Å². The van der Waals surface area contributed by atoms with Crippen LogP contribution in [0.3, 0.4) is 0 Å². The molecule has 1 aromatic carbocycles. The van der Waals surface area contributed by atoms with Crippen LogP contribution in [0, 0.1) is 18.2 Å². The molecule has 2 bridgehead atoms. The molecular weight excluding hydrogens is 529 g/mol. The van der Waals surface area contributed by atoms with E-state index in [0.29, 0.717) is 30.5 Å². The Hall–Kier alpha value is -3.60.